The molecule has 1 aromatic carbocycles. The molecule has 0 spiro atoms. The average molecular weight is 245 g/mol. The molecule has 0 N–H and O–H groups in total. The molecule has 88 valence electrons. The molecule has 17 heavy (non-hydrogen) atoms. The Hall–Kier alpha value is -1.98. The molecule has 0 bridgehead atoms. The minimum absolute atomic E-state index is 0.305. The zero-order valence-corrected chi connectivity index (χ0v) is 8.15. The Balaban J connectivity index is 2.75. The van der Waals surface area contributed by atoms with Crippen LogP contribution in [0.2, 0.25) is 0 Å². The van der Waals surface area contributed by atoms with E-state index in [4.69, 9.17) is 0 Å². The number of hydrogen-bond donors (Lipinski definition) is 0. The van der Waals surface area contributed by atoms with Gasteiger partial charge in [-0.25, -0.2) is 13.2 Å². The first-order valence-corrected chi connectivity index (χ1v) is 4.46. The molecular formula is C11H4F5N. The van der Waals surface area contributed by atoms with Gasteiger partial charge in [-0.3, -0.25) is 0 Å². The van der Waals surface area contributed by atoms with Crippen LogP contribution in [0.25, 0.3) is 11.1 Å². The molecule has 0 aliphatic rings. The number of halogens is 5. The lowest BCUT2D eigenvalue weighted by Crippen LogP contribution is -2.03. The summed E-state index contributed by atoms with van der Waals surface area (Å²) in [5.41, 5.74) is -1.28. The van der Waals surface area contributed by atoms with Crippen LogP contribution in [-0.4, -0.2) is 4.98 Å². The Morgan fingerprint density at radius 3 is 1.94 bits per heavy atom. The molecule has 0 radical (unpaired) electrons. The van der Waals surface area contributed by atoms with Gasteiger partial charge in [0.25, 0.3) is 11.9 Å². The predicted molar refractivity (Wildman–Crippen MR) is 49.5 cm³/mol. The van der Waals surface area contributed by atoms with Crippen molar-refractivity contribution in [1.29, 1.82) is 0 Å². The maximum absolute atomic E-state index is 13.3. The van der Waals surface area contributed by atoms with Crippen molar-refractivity contribution in [3.63, 3.8) is 0 Å². The van der Waals surface area contributed by atoms with Crippen molar-refractivity contribution in [1.82, 2.24) is 4.98 Å². The van der Waals surface area contributed by atoms with Crippen LogP contribution in [0.3, 0.4) is 0 Å². The van der Waals surface area contributed by atoms with Crippen LogP contribution in [0.15, 0.2) is 24.3 Å². The van der Waals surface area contributed by atoms with E-state index in [0.29, 0.717) is 0 Å². The van der Waals surface area contributed by atoms with E-state index in [2.05, 4.69) is 4.98 Å². The molecule has 0 atom stereocenters. The van der Waals surface area contributed by atoms with Crippen LogP contribution in [-0.2, 0) is 0 Å². The third-order valence-corrected chi connectivity index (χ3v) is 2.11. The number of hydrogen-bond acceptors (Lipinski definition) is 1. The maximum atomic E-state index is 13.3. The van der Waals surface area contributed by atoms with Gasteiger partial charge < -0.3 is 0 Å². The average Bonchev–Trinajstić information content (AvgIpc) is 2.27. The number of benzene rings is 1. The fraction of sp³-hybridized carbons (Fsp3) is 0. The molecule has 0 saturated carbocycles. The van der Waals surface area contributed by atoms with Gasteiger partial charge in [0.1, 0.15) is 5.82 Å². The lowest BCUT2D eigenvalue weighted by molar-refractivity contribution is 0.410. The number of aromatic nitrogens is 1. The Morgan fingerprint density at radius 1 is 0.824 bits per heavy atom. The van der Waals surface area contributed by atoms with Crippen molar-refractivity contribution in [2.75, 3.05) is 0 Å². The van der Waals surface area contributed by atoms with Crippen molar-refractivity contribution in [2.45, 2.75) is 0 Å². The highest BCUT2D eigenvalue weighted by Gasteiger charge is 2.21. The summed E-state index contributed by atoms with van der Waals surface area (Å²) in [6.45, 7) is 0. The summed E-state index contributed by atoms with van der Waals surface area (Å²) >= 11 is 0. The van der Waals surface area contributed by atoms with Crippen LogP contribution in [0.4, 0.5) is 22.0 Å². The molecule has 1 heterocycles. The van der Waals surface area contributed by atoms with E-state index in [9.17, 15) is 22.0 Å². The third kappa shape index (κ3) is 1.98. The van der Waals surface area contributed by atoms with Crippen molar-refractivity contribution in [3.05, 3.63) is 53.6 Å². The largest absolute Gasteiger partial charge is 0.252 e. The Labute approximate surface area is 92.5 Å². The van der Waals surface area contributed by atoms with E-state index in [1.54, 1.807) is 0 Å². The van der Waals surface area contributed by atoms with E-state index in [-0.39, 0.29) is 5.56 Å². The highest BCUT2D eigenvalue weighted by Crippen LogP contribution is 2.28. The number of nitrogens with zero attached hydrogens (tertiary/aromatic N) is 1. The van der Waals surface area contributed by atoms with E-state index >= 15 is 0 Å². The summed E-state index contributed by atoms with van der Waals surface area (Å²) in [6.07, 6.45) is 0. The molecule has 0 unspecified atom stereocenters. The van der Waals surface area contributed by atoms with Gasteiger partial charge in [-0.2, -0.15) is 13.8 Å². The van der Waals surface area contributed by atoms with Gasteiger partial charge in [-0.05, 0) is 17.7 Å². The normalized spacial score (nSPS) is 10.6. The lowest BCUT2D eigenvalue weighted by atomic mass is 10.1. The molecule has 2 aromatic rings. The van der Waals surface area contributed by atoms with Gasteiger partial charge in [-0.1, -0.05) is 12.1 Å². The van der Waals surface area contributed by atoms with E-state index in [1.807, 2.05) is 0 Å². The van der Waals surface area contributed by atoms with Gasteiger partial charge in [0.2, 0.25) is 0 Å². The zero-order chi connectivity index (χ0) is 12.6. The molecule has 2 rings (SSSR count). The van der Waals surface area contributed by atoms with Gasteiger partial charge in [-0.15, -0.1) is 0 Å². The predicted octanol–water partition coefficient (Wildman–Crippen LogP) is 3.44. The quantitative estimate of drug-likeness (QED) is 0.554. The second-order valence-corrected chi connectivity index (χ2v) is 3.21. The minimum atomic E-state index is -1.77. The van der Waals surface area contributed by atoms with Gasteiger partial charge in [0.15, 0.2) is 11.6 Å². The maximum Gasteiger partial charge on any atom is 0.252 e. The van der Waals surface area contributed by atoms with Crippen molar-refractivity contribution in [3.8, 4) is 11.1 Å². The highest BCUT2D eigenvalue weighted by atomic mass is 19.2. The molecule has 1 aromatic heterocycles. The van der Waals surface area contributed by atoms with Crippen LogP contribution in [0.1, 0.15) is 0 Å². The summed E-state index contributed by atoms with van der Waals surface area (Å²) in [7, 11) is 0. The first-order chi connectivity index (χ1) is 8.00. The van der Waals surface area contributed by atoms with Crippen molar-refractivity contribution >= 4 is 0 Å². The molecule has 0 aliphatic carbocycles. The zero-order valence-electron chi connectivity index (χ0n) is 8.15. The molecule has 0 fully saturated rings. The summed E-state index contributed by atoms with van der Waals surface area (Å²) in [5.74, 6) is -7.64. The van der Waals surface area contributed by atoms with Crippen molar-refractivity contribution < 1.29 is 22.0 Å². The number of pyridine rings is 1. The fourth-order valence-electron chi connectivity index (χ4n) is 1.38. The second kappa shape index (κ2) is 4.12. The minimum Gasteiger partial charge on any atom is -0.207 e. The van der Waals surface area contributed by atoms with E-state index in [1.165, 1.54) is 6.07 Å². The third-order valence-electron chi connectivity index (χ3n) is 2.11. The summed E-state index contributed by atoms with van der Waals surface area (Å²) in [6, 6.07) is 4.09. The van der Waals surface area contributed by atoms with Gasteiger partial charge >= 0.3 is 0 Å². The van der Waals surface area contributed by atoms with Gasteiger partial charge in [0, 0.05) is 0 Å². The molecular weight excluding hydrogens is 241 g/mol. The van der Waals surface area contributed by atoms with Crippen molar-refractivity contribution in [2.24, 2.45) is 0 Å². The Bertz CT molecular complexity index is 556. The van der Waals surface area contributed by atoms with Crippen LogP contribution in [0, 0.1) is 29.3 Å². The molecule has 0 saturated heterocycles. The summed E-state index contributed by atoms with van der Waals surface area (Å²) < 4.78 is 65.1. The molecule has 6 heteroatoms. The van der Waals surface area contributed by atoms with Crippen LogP contribution < -0.4 is 0 Å². The Kier molecular flexibility index (Phi) is 2.79. The number of rotatable bonds is 1. The Morgan fingerprint density at radius 2 is 1.41 bits per heavy atom. The van der Waals surface area contributed by atoms with E-state index in [0.717, 1.165) is 18.2 Å². The van der Waals surface area contributed by atoms with Crippen LogP contribution in [0.5, 0.6) is 0 Å². The topological polar surface area (TPSA) is 12.9 Å². The lowest BCUT2D eigenvalue weighted by Gasteiger charge is -2.06. The molecule has 1 nitrogen and oxygen atoms in total. The molecule has 0 aliphatic heterocycles. The van der Waals surface area contributed by atoms with Gasteiger partial charge in [0.05, 0.1) is 5.56 Å². The first kappa shape index (κ1) is 11.5. The second-order valence-electron chi connectivity index (χ2n) is 3.21. The monoisotopic (exact) mass is 245 g/mol. The molecule has 0 amide bonds. The van der Waals surface area contributed by atoms with Crippen LogP contribution >= 0.6 is 0 Å². The SMILES string of the molecule is Fc1cccc(-c2c(F)c(F)nc(F)c2F)c1. The fourth-order valence-corrected chi connectivity index (χ4v) is 1.38. The van der Waals surface area contributed by atoms with E-state index < -0.39 is 34.9 Å². The standard InChI is InChI=1S/C11H4F5N/c12-6-3-1-2-5(4-6)7-8(13)10(15)17-11(16)9(7)14/h1-4H. The summed E-state index contributed by atoms with van der Waals surface area (Å²) in [5, 5.41) is 0. The summed E-state index contributed by atoms with van der Waals surface area (Å²) in [4.78, 5) is 2.40. The first-order valence-electron chi connectivity index (χ1n) is 4.46. The smallest absolute Gasteiger partial charge is 0.207 e. The highest BCUT2D eigenvalue weighted by molar-refractivity contribution is 5.64.